The van der Waals surface area contributed by atoms with Crippen molar-refractivity contribution in [1.29, 1.82) is 0 Å². The molecule has 1 aromatic heterocycles. The monoisotopic (exact) mass is 469 g/mol. The highest BCUT2D eigenvalue weighted by atomic mass is 16.7. The Morgan fingerprint density at radius 2 is 1.62 bits per heavy atom. The lowest BCUT2D eigenvalue weighted by molar-refractivity contribution is 0.00578. The molecule has 34 heavy (non-hydrogen) atoms. The second-order valence-corrected chi connectivity index (χ2v) is 10.3. The van der Waals surface area contributed by atoms with Crippen LogP contribution < -0.4 is 5.32 Å². The van der Waals surface area contributed by atoms with Crippen LogP contribution in [0.4, 0.5) is 4.79 Å². The van der Waals surface area contributed by atoms with Gasteiger partial charge in [-0.1, -0.05) is 30.3 Å². The topological polar surface area (TPSA) is 107 Å². The van der Waals surface area contributed by atoms with E-state index < -0.39 is 36.0 Å². The molecule has 0 atom stereocenters. The summed E-state index contributed by atoms with van der Waals surface area (Å²) in [6, 6.07) is 10.5. The fourth-order valence-electron chi connectivity index (χ4n) is 3.25. The van der Waals surface area contributed by atoms with Crippen LogP contribution >= 0.6 is 0 Å². The molecule has 1 aliphatic heterocycles. The highest BCUT2D eigenvalue weighted by molar-refractivity contribution is 6.56. The summed E-state index contributed by atoms with van der Waals surface area (Å²) in [6.07, 6.45) is 1.37. The number of hydrogen-bond acceptors (Lipinski definition) is 6. The van der Waals surface area contributed by atoms with Crippen molar-refractivity contribution in [3.63, 3.8) is 0 Å². The molecule has 9 heteroatoms. The quantitative estimate of drug-likeness (QED) is 0.561. The molecule has 0 spiro atoms. The molecule has 2 heterocycles. The van der Waals surface area contributed by atoms with E-state index in [4.69, 9.17) is 23.6 Å². The molecule has 0 saturated carbocycles. The van der Waals surface area contributed by atoms with Gasteiger partial charge in [-0.25, -0.2) is 9.59 Å². The molecule has 0 aliphatic carbocycles. The number of nitrogens with one attached hydrogen (secondary N) is 1. The van der Waals surface area contributed by atoms with Crippen LogP contribution in [0.2, 0.25) is 0 Å². The van der Waals surface area contributed by atoms with Crippen LogP contribution in [0.1, 0.15) is 64.6 Å². The van der Waals surface area contributed by atoms with Gasteiger partial charge < -0.3 is 28.9 Å². The van der Waals surface area contributed by atoms with Gasteiger partial charge in [0.25, 0.3) is 0 Å². The maximum absolute atomic E-state index is 12.2. The molecule has 8 nitrogen and oxygen atoms in total. The Kier molecular flexibility index (Phi) is 7.01. The zero-order chi connectivity index (χ0) is 25.3. The summed E-state index contributed by atoms with van der Waals surface area (Å²) in [5.74, 6) is -0.767. The first kappa shape index (κ1) is 25.6. The number of carbonyl (C=O) groups is 2. The number of benzene rings is 1. The molecule has 3 rings (SSSR count). The summed E-state index contributed by atoms with van der Waals surface area (Å²) in [7, 11) is -0.650. The van der Waals surface area contributed by atoms with Crippen molar-refractivity contribution >= 4 is 25.3 Å². The number of rotatable bonds is 6. The summed E-state index contributed by atoms with van der Waals surface area (Å²) < 4.78 is 23.1. The van der Waals surface area contributed by atoms with Gasteiger partial charge in [0.05, 0.1) is 11.2 Å². The van der Waals surface area contributed by atoms with Crippen LogP contribution in [-0.4, -0.2) is 47.6 Å². The van der Waals surface area contributed by atoms with Gasteiger partial charge >= 0.3 is 19.2 Å². The number of amides is 1. The molecule has 1 amide bonds. The summed E-state index contributed by atoms with van der Waals surface area (Å²) in [6.45, 7) is 13.5. The van der Waals surface area contributed by atoms with Crippen LogP contribution in [-0.2, 0) is 14.0 Å². The van der Waals surface area contributed by atoms with Gasteiger partial charge in [0.1, 0.15) is 11.4 Å². The Morgan fingerprint density at radius 3 is 2.12 bits per heavy atom. The first-order chi connectivity index (χ1) is 15.7. The molecule has 1 saturated heterocycles. The fourth-order valence-corrected chi connectivity index (χ4v) is 3.25. The van der Waals surface area contributed by atoms with E-state index in [0.29, 0.717) is 5.76 Å². The lowest BCUT2D eigenvalue weighted by Crippen LogP contribution is -2.41. The van der Waals surface area contributed by atoms with E-state index in [-0.39, 0.29) is 12.3 Å². The fraction of sp³-hybridized carbons (Fsp3) is 0.440. The van der Waals surface area contributed by atoms with E-state index in [1.165, 1.54) is 6.07 Å². The molecule has 2 N–H and O–H groups in total. The number of hydrogen-bond donors (Lipinski definition) is 2. The van der Waals surface area contributed by atoms with Gasteiger partial charge in [-0.05, 0) is 71.6 Å². The van der Waals surface area contributed by atoms with Crippen molar-refractivity contribution in [3.8, 4) is 11.3 Å². The first-order valence-corrected chi connectivity index (χ1v) is 11.1. The summed E-state index contributed by atoms with van der Waals surface area (Å²) in [5.41, 5.74) is 0.642. The van der Waals surface area contributed by atoms with Crippen molar-refractivity contribution in [2.24, 2.45) is 0 Å². The van der Waals surface area contributed by atoms with Gasteiger partial charge in [-0.3, -0.25) is 0 Å². The lowest BCUT2D eigenvalue weighted by Gasteiger charge is -2.32. The molecule has 0 bridgehead atoms. The molecule has 1 aromatic carbocycles. The maximum Gasteiger partial charge on any atom is 0.492 e. The SMILES string of the molecule is CC(C)(C)OC(=O)NCC(=Cc1ccc(-c2ccc(C(=O)O)o2)cc1)B1OC(C)(C)C(C)(C)O1. The van der Waals surface area contributed by atoms with Crippen LogP contribution in [0, 0.1) is 0 Å². The average Bonchev–Trinajstić information content (AvgIpc) is 3.27. The second kappa shape index (κ2) is 9.31. The number of furan rings is 1. The first-order valence-electron chi connectivity index (χ1n) is 11.1. The smallest absolute Gasteiger partial charge is 0.475 e. The largest absolute Gasteiger partial charge is 0.492 e. The number of carboxylic acid groups (broad SMARTS) is 1. The van der Waals surface area contributed by atoms with Crippen molar-refractivity contribution in [3.05, 3.63) is 53.2 Å². The normalized spacial score (nSPS) is 17.5. The van der Waals surface area contributed by atoms with E-state index >= 15 is 0 Å². The van der Waals surface area contributed by atoms with Crippen molar-refractivity contribution in [1.82, 2.24) is 5.32 Å². The number of aromatic carboxylic acids is 1. The van der Waals surface area contributed by atoms with Crippen LogP contribution in [0.5, 0.6) is 0 Å². The molecule has 1 fully saturated rings. The standard InChI is InChI=1S/C25H32BNO7/c1-23(2,3)32-22(30)27-15-18(26-33-24(4,5)25(6,7)34-26)14-16-8-10-17(11-9-16)19-12-13-20(31-19)21(28)29/h8-14H,15H2,1-7H3,(H,27,30)(H,28,29). The van der Waals surface area contributed by atoms with Gasteiger partial charge in [-0.15, -0.1) is 0 Å². The minimum Gasteiger partial charge on any atom is -0.475 e. The molecule has 0 radical (unpaired) electrons. The summed E-state index contributed by atoms with van der Waals surface area (Å²) in [4.78, 5) is 23.3. The zero-order valence-electron chi connectivity index (χ0n) is 20.7. The van der Waals surface area contributed by atoms with Crippen molar-refractivity contribution in [2.75, 3.05) is 6.54 Å². The average molecular weight is 469 g/mol. The summed E-state index contributed by atoms with van der Waals surface area (Å²) >= 11 is 0. The van der Waals surface area contributed by atoms with E-state index in [2.05, 4.69) is 5.32 Å². The molecule has 2 aromatic rings. The van der Waals surface area contributed by atoms with E-state index in [1.54, 1.807) is 26.8 Å². The van der Waals surface area contributed by atoms with Crippen molar-refractivity contribution in [2.45, 2.75) is 65.3 Å². The van der Waals surface area contributed by atoms with Gasteiger partial charge in [0, 0.05) is 12.1 Å². The minimum absolute atomic E-state index is 0.116. The highest BCUT2D eigenvalue weighted by Crippen LogP contribution is 2.38. The number of ether oxygens (including phenoxy) is 1. The van der Waals surface area contributed by atoms with Crippen LogP contribution in [0.25, 0.3) is 17.4 Å². The third-order valence-corrected chi connectivity index (χ3v) is 5.76. The highest BCUT2D eigenvalue weighted by Gasteiger charge is 2.52. The number of carboxylic acids is 1. The third kappa shape index (κ3) is 6.09. The Balaban J connectivity index is 1.83. The predicted molar refractivity (Wildman–Crippen MR) is 129 cm³/mol. The maximum atomic E-state index is 12.2. The third-order valence-electron chi connectivity index (χ3n) is 5.76. The van der Waals surface area contributed by atoms with Gasteiger partial charge in [0.2, 0.25) is 5.76 Å². The van der Waals surface area contributed by atoms with Crippen LogP contribution in [0.15, 0.2) is 46.3 Å². The predicted octanol–water partition coefficient (Wildman–Crippen LogP) is 5.18. The zero-order valence-corrected chi connectivity index (χ0v) is 20.7. The number of alkyl carbamates (subject to hydrolysis) is 1. The molecular weight excluding hydrogens is 437 g/mol. The Labute approximate surface area is 200 Å². The van der Waals surface area contributed by atoms with Gasteiger partial charge in [-0.2, -0.15) is 0 Å². The molecule has 1 aliphatic rings. The Bertz CT molecular complexity index is 1060. The molecule has 182 valence electrons. The van der Waals surface area contributed by atoms with E-state index in [0.717, 1.165) is 16.6 Å². The Morgan fingerprint density at radius 1 is 1.03 bits per heavy atom. The second-order valence-electron chi connectivity index (χ2n) is 10.3. The molecule has 0 unspecified atom stereocenters. The molecular formula is C25H32BNO7. The van der Waals surface area contributed by atoms with Crippen LogP contribution in [0.3, 0.4) is 0 Å². The lowest BCUT2D eigenvalue weighted by atomic mass is 9.77. The summed E-state index contributed by atoms with van der Waals surface area (Å²) in [5, 5.41) is 11.8. The van der Waals surface area contributed by atoms with E-state index in [9.17, 15) is 9.59 Å². The Hall–Kier alpha value is -3.04. The number of carbonyl (C=O) groups excluding carboxylic acids is 1. The van der Waals surface area contributed by atoms with E-state index in [1.807, 2.05) is 58.0 Å². The van der Waals surface area contributed by atoms with Crippen molar-refractivity contribution < 1.29 is 33.2 Å². The minimum atomic E-state index is -1.12. The van der Waals surface area contributed by atoms with Gasteiger partial charge in [0.15, 0.2) is 0 Å².